The number of halogens is 2. The summed E-state index contributed by atoms with van der Waals surface area (Å²) in [4.78, 5) is 32.5. The number of hydrogen-bond donors (Lipinski definition) is 2. The highest BCUT2D eigenvalue weighted by Crippen LogP contribution is 2.37. The van der Waals surface area contributed by atoms with E-state index in [1.165, 1.54) is 19.3 Å². The second-order valence-corrected chi connectivity index (χ2v) is 12.4. The first kappa shape index (κ1) is 28.3. The van der Waals surface area contributed by atoms with Crippen LogP contribution in [0.1, 0.15) is 31.1 Å². The number of aliphatic carboxylic acids is 1. The van der Waals surface area contributed by atoms with Gasteiger partial charge in [-0.15, -0.1) is 0 Å². The average Bonchev–Trinajstić information content (AvgIpc) is 3.28. The summed E-state index contributed by atoms with van der Waals surface area (Å²) in [6.45, 7) is 4.92. The van der Waals surface area contributed by atoms with E-state index in [1.807, 2.05) is 0 Å². The number of aromatic nitrogens is 3. The molecule has 0 fully saturated rings. The summed E-state index contributed by atoms with van der Waals surface area (Å²) in [6.07, 6.45) is 3.24. The molecule has 1 unspecified atom stereocenters. The van der Waals surface area contributed by atoms with Gasteiger partial charge in [-0.3, -0.25) is 9.10 Å². The van der Waals surface area contributed by atoms with Crippen LogP contribution in [0.15, 0.2) is 65.8 Å². The van der Waals surface area contributed by atoms with Crippen molar-refractivity contribution in [3.05, 3.63) is 76.8 Å². The molecule has 1 atom stereocenters. The van der Waals surface area contributed by atoms with Gasteiger partial charge in [-0.2, -0.15) is 0 Å². The standard InChI is InChI=1S/C26H25Cl2N5O5S/c1-26(2,3)23(25(35)36)33(39(37,38)18-13-20(27)31-21(28)14-18)17-5-6-19-15(11-17)8-10-32(19)22-12-16(7-9-30-22)24(34)29-4/h5-14,23H,1-4H3,(H,29,34)(H,35,36). The van der Waals surface area contributed by atoms with Crippen LogP contribution in [0.5, 0.6) is 0 Å². The molecule has 0 bridgehead atoms. The summed E-state index contributed by atoms with van der Waals surface area (Å²) in [7, 11) is -2.95. The van der Waals surface area contributed by atoms with Gasteiger partial charge in [0.2, 0.25) is 0 Å². The molecule has 3 heterocycles. The maximum Gasteiger partial charge on any atom is 0.328 e. The van der Waals surface area contributed by atoms with E-state index < -0.39 is 27.4 Å². The predicted octanol–water partition coefficient (Wildman–Crippen LogP) is 4.78. The fourth-order valence-electron chi connectivity index (χ4n) is 4.26. The number of carboxylic acids is 1. The van der Waals surface area contributed by atoms with Crippen molar-refractivity contribution in [2.24, 2.45) is 5.41 Å². The van der Waals surface area contributed by atoms with E-state index in [9.17, 15) is 23.1 Å². The lowest BCUT2D eigenvalue weighted by Gasteiger charge is -2.37. The lowest BCUT2D eigenvalue weighted by Crippen LogP contribution is -2.52. The van der Waals surface area contributed by atoms with Crippen molar-refractivity contribution in [3.8, 4) is 5.82 Å². The average molecular weight is 590 g/mol. The summed E-state index contributed by atoms with van der Waals surface area (Å²) >= 11 is 12.0. The number of carboxylic acid groups (broad SMARTS) is 1. The highest BCUT2D eigenvalue weighted by molar-refractivity contribution is 7.93. The summed E-state index contributed by atoms with van der Waals surface area (Å²) in [5, 5.41) is 13.1. The van der Waals surface area contributed by atoms with Crippen molar-refractivity contribution in [2.45, 2.75) is 31.7 Å². The van der Waals surface area contributed by atoms with Crippen LogP contribution < -0.4 is 9.62 Å². The first-order valence-electron chi connectivity index (χ1n) is 11.6. The van der Waals surface area contributed by atoms with Crippen molar-refractivity contribution < 1.29 is 23.1 Å². The number of benzene rings is 1. The molecule has 3 aromatic heterocycles. The lowest BCUT2D eigenvalue weighted by molar-refractivity contribution is -0.140. The molecule has 2 N–H and O–H groups in total. The van der Waals surface area contributed by atoms with Gasteiger partial charge in [-0.25, -0.2) is 23.2 Å². The molecule has 4 rings (SSSR count). The number of anilines is 1. The minimum Gasteiger partial charge on any atom is -0.480 e. The molecule has 13 heteroatoms. The van der Waals surface area contributed by atoms with Crippen LogP contribution in [0.25, 0.3) is 16.7 Å². The molecule has 10 nitrogen and oxygen atoms in total. The Labute approximate surface area is 235 Å². The van der Waals surface area contributed by atoms with Gasteiger partial charge >= 0.3 is 5.97 Å². The Morgan fingerprint density at radius 2 is 1.72 bits per heavy atom. The van der Waals surface area contributed by atoms with Crippen molar-refractivity contribution in [3.63, 3.8) is 0 Å². The topological polar surface area (TPSA) is 134 Å². The third-order valence-electron chi connectivity index (χ3n) is 5.99. The predicted molar refractivity (Wildman–Crippen MR) is 149 cm³/mol. The highest BCUT2D eigenvalue weighted by atomic mass is 35.5. The van der Waals surface area contributed by atoms with Crippen LogP contribution in [0, 0.1) is 5.41 Å². The largest absolute Gasteiger partial charge is 0.480 e. The number of carbonyl (C=O) groups excluding carboxylic acids is 1. The number of nitrogens with zero attached hydrogens (tertiary/aromatic N) is 4. The molecule has 0 aliphatic rings. The fourth-order valence-corrected chi connectivity index (χ4v) is 6.67. The van der Waals surface area contributed by atoms with Gasteiger partial charge in [-0.05, 0) is 53.9 Å². The Balaban J connectivity index is 1.91. The zero-order valence-electron chi connectivity index (χ0n) is 21.4. The number of carbonyl (C=O) groups is 2. The van der Waals surface area contributed by atoms with E-state index in [4.69, 9.17) is 23.2 Å². The van der Waals surface area contributed by atoms with E-state index in [0.717, 1.165) is 16.4 Å². The van der Waals surface area contributed by atoms with Gasteiger partial charge < -0.3 is 15.0 Å². The Morgan fingerprint density at radius 1 is 1.05 bits per heavy atom. The maximum absolute atomic E-state index is 14.0. The third-order valence-corrected chi connectivity index (χ3v) is 8.15. The first-order valence-corrected chi connectivity index (χ1v) is 13.8. The van der Waals surface area contributed by atoms with Gasteiger partial charge in [0.1, 0.15) is 22.2 Å². The van der Waals surface area contributed by atoms with Crippen LogP contribution in [-0.2, 0) is 14.8 Å². The Morgan fingerprint density at radius 3 is 2.31 bits per heavy atom. The van der Waals surface area contributed by atoms with Crippen LogP contribution >= 0.6 is 23.2 Å². The van der Waals surface area contributed by atoms with E-state index in [0.29, 0.717) is 22.3 Å². The number of sulfonamides is 1. The molecule has 4 aromatic rings. The number of amides is 1. The fraction of sp³-hybridized carbons (Fsp3) is 0.231. The number of nitrogens with one attached hydrogen (secondary N) is 1. The zero-order valence-corrected chi connectivity index (χ0v) is 23.7. The number of rotatable bonds is 7. The SMILES string of the molecule is CNC(=O)c1ccnc(-n2ccc3cc(N(C(C(=O)O)C(C)(C)C)S(=O)(=O)c4cc(Cl)nc(Cl)c4)ccc32)c1. The minimum absolute atomic E-state index is 0.124. The molecule has 0 radical (unpaired) electrons. The molecule has 0 saturated carbocycles. The zero-order chi connectivity index (χ0) is 28.7. The van der Waals surface area contributed by atoms with E-state index in [2.05, 4.69) is 15.3 Å². The van der Waals surface area contributed by atoms with Crippen molar-refractivity contribution in [2.75, 3.05) is 11.4 Å². The second kappa shape index (κ2) is 10.5. The van der Waals surface area contributed by atoms with Crippen LogP contribution in [0.2, 0.25) is 10.3 Å². The number of hydrogen-bond acceptors (Lipinski definition) is 6. The van der Waals surface area contributed by atoms with E-state index in [1.54, 1.807) is 61.9 Å². The quantitative estimate of drug-likeness (QED) is 0.296. The smallest absolute Gasteiger partial charge is 0.328 e. The van der Waals surface area contributed by atoms with Gasteiger partial charge in [-0.1, -0.05) is 44.0 Å². The first-order chi connectivity index (χ1) is 18.2. The van der Waals surface area contributed by atoms with Gasteiger partial charge in [0.25, 0.3) is 15.9 Å². The molecular formula is C26H25Cl2N5O5S. The lowest BCUT2D eigenvalue weighted by atomic mass is 9.86. The Kier molecular flexibility index (Phi) is 7.61. The van der Waals surface area contributed by atoms with E-state index >= 15 is 0 Å². The molecule has 204 valence electrons. The molecular weight excluding hydrogens is 565 g/mol. The van der Waals surface area contributed by atoms with Gasteiger partial charge in [0, 0.05) is 30.4 Å². The maximum atomic E-state index is 14.0. The Bertz CT molecular complexity index is 1680. The van der Waals surface area contributed by atoms with Crippen LogP contribution in [0.3, 0.4) is 0 Å². The van der Waals surface area contributed by atoms with Crippen LogP contribution in [-0.4, -0.2) is 53.0 Å². The van der Waals surface area contributed by atoms with Crippen molar-refractivity contribution in [1.82, 2.24) is 19.9 Å². The Hall–Kier alpha value is -3.67. The minimum atomic E-state index is -4.48. The highest BCUT2D eigenvalue weighted by Gasteiger charge is 2.43. The molecule has 0 aliphatic heterocycles. The summed E-state index contributed by atoms with van der Waals surface area (Å²) < 4.78 is 30.6. The monoisotopic (exact) mass is 589 g/mol. The van der Waals surface area contributed by atoms with E-state index in [-0.39, 0.29) is 26.8 Å². The number of fused-ring (bicyclic) bond motifs is 1. The number of pyridine rings is 2. The molecule has 0 saturated heterocycles. The summed E-state index contributed by atoms with van der Waals surface area (Å²) in [5.41, 5.74) is 0.196. The van der Waals surface area contributed by atoms with Crippen LogP contribution in [0.4, 0.5) is 5.69 Å². The second-order valence-electron chi connectivity index (χ2n) is 9.77. The third kappa shape index (κ3) is 5.56. The molecule has 1 amide bonds. The molecule has 39 heavy (non-hydrogen) atoms. The molecule has 0 spiro atoms. The molecule has 1 aromatic carbocycles. The van der Waals surface area contributed by atoms with Gasteiger partial charge in [0.15, 0.2) is 0 Å². The van der Waals surface area contributed by atoms with Crippen molar-refractivity contribution in [1.29, 1.82) is 0 Å². The molecule has 0 aliphatic carbocycles. The normalized spacial score (nSPS) is 12.8. The van der Waals surface area contributed by atoms with Gasteiger partial charge in [0.05, 0.1) is 16.1 Å². The summed E-state index contributed by atoms with van der Waals surface area (Å²) in [6, 6.07) is 10.5. The van der Waals surface area contributed by atoms with Crippen molar-refractivity contribution >= 4 is 61.7 Å². The summed E-state index contributed by atoms with van der Waals surface area (Å²) in [5.74, 6) is -1.12.